The molecule has 0 aliphatic carbocycles. The second kappa shape index (κ2) is 13.3. The lowest BCUT2D eigenvalue weighted by Crippen LogP contribution is -2.19. The summed E-state index contributed by atoms with van der Waals surface area (Å²) in [6.07, 6.45) is 1.35. The Bertz CT molecular complexity index is 1600. The molecule has 0 aliphatic rings. The van der Waals surface area contributed by atoms with Gasteiger partial charge in [0.05, 0.1) is 17.6 Å². The van der Waals surface area contributed by atoms with Crippen molar-refractivity contribution in [3.05, 3.63) is 108 Å². The number of hydrogen-bond donors (Lipinski definition) is 2. The summed E-state index contributed by atoms with van der Waals surface area (Å²) in [4.78, 5) is 34.8. The molecule has 0 unspecified atom stereocenters. The third-order valence-electron chi connectivity index (χ3n) is 5.10. The fraction of sp³-hybridized carbons (Fsp3) is 0.0800. The number of ether oxygens (including phenoxy) is 1. The van der Waals surface area contributed by atoms with Crippen molar-refractivity contribution in [2.24, 2.45) is 5.10 Å². The number of benzene rings is 3. The van der Waals surface area contributed by atoms with Gasteiger partial charge in [-0.3, -0.25) is 25.0 Å². The number of nitrogens with zero attached hydrogens (tertiary/aromatic N) is 4. The van der Waals surface area contributed by atoms with Crippen molar-refractivity contribution in [2.75, 3.05) is 5.32 Å². The molecule has 2 N–H and O–H groups in total. The standard InChI is InChI=1S/C25H17Cl3N6O5S/c26-17-5-3-16(19(27)10-17)13-39-18-6-1-14(2-7-18)12-29-31-22(35)11-23-32-33-25(40-23)30-24(36)15-4-8-21(34(37)38)20(28)9-15/h1-10,12H,11,13H2,(H,31,35)(H,30,33,36)/b29-12-. The molecule has 0 radical (unpaired) electrons. The number of rotatable bonds is 10. The van der Waals surface area contributed by atoms with Gasteiger partial charge in [0.15, 0.2) is 0 Å². The van der Waals surface area contributed by atoms with Crippen LogP contribution < -0.4 is 15.5 Å². The van der Waals surface area contributed by atoms with Crippen molar-refractivity contribution in [3.63, 3.8) is 0 Å². The number of nitro benzene ring substituents is 1. The van der Waals surface area contributed by atoms with Gasteiger partial charge in [-0.15, -0.1) is 10.2 Å². The predicted octanol–water partition coefficient (Wildman–Crippen LogP) is 5.93. The van der Waals surface area contributed by atoms with E-state index in [4.69, 9.17) is 39.5 Å². The van der Waals surface area contributed by atoms with Crippen LogP contribution in [0.25, 0.3) is 0 Å². The first-order valence-electron chi connectivity index (χ1n) is 11.2. The van der Waals surface area contributed by atoms with E-state index in [1.54, 1.807) is 42.5 Å². The average molecular weight is 620 g/mol. The summed E-state index contributed by atoms with van der Waals surface area (Å²) in [5, 5.41) is 26.4. The van der Waals surface area contributed by atoms with Crippen LogP contribution in [0.15, 0.2) is 65.8 Å². The Kier molecular flexibility index (Phi) is 9.61. The number of hydrogen-bond acceptors (Lipinski definition) is 9. The van der Waals surface area contributed by atoms with Gasteiger partial charge in [-0.1, -0.05) is 52.2 Å². The molecule has 0 bridgehead atoms. The zero-order valence-electron chi connectivity index (χ0n) is 20.1. The van der Waals surface area contributed by atoms with Crippen LogP contribution in [0.4, 0.5) is 10.8 Å². The molecule has 0 fully saturated rings. The van der Waals surface area contributed by atoms with Crippen LogP contribution in [0.3, 0.4) is 0 Å². The first-order valence-corrected chi connectivity index (χ1v) is 13.2. The van der Waals surface area contributed by atoms with Crippen LogP contribution in [-0.2, 0) is 17.8 Å². The van der Waals surface area contributed by atoms with Gasteiger partial charge in [0.1, 0.15) is 22.4 Å². The Hall–Kier alpha value is -4.10. The Morgan fingerprint density at radius 3 is 2.50 bits per heavy atom. The second-order valence-electron chi connectivity index (χ2n) is 7.94. The highest BCUT2D eigenvalue weighted by molar-refractivity contribution is 7.15. The number of halogens is 3. The zero-order chi connectivity index (χ0) is 28.6. The normalized spacial score (nSPS) is 10.9. The number of aromatic nitrogens is 2. The van der Waals surface area contributed by atoms with Gasteiger partial charge in [-0.05, 0) is 54.1 Å². The first kappa shape index (κ1) is 28.9. The molecule has 3 aromatic carbocycles. The van der Waals surface area contributed by atoms with E-state index in [9.17, 15) is 19.7 Å². The molecular weight excluding hydrogens is 603 g/mol. The molecule has 2 amide bonds. The molecule has 0 atom stereocenters. The monoisotopic (exact) mass is 618 g/mol. The van der Waals surface area contributed by atoms with E-state index in [0.717, 1.165) is 28.5 Å². The lowest BCUT2D eigenvalue weighted by molar-refractivity contribution is -0.384. The van der Waals surface area contributed by atoms with E-state index in [1.165, 1.54) is 18.3 Å². The molecule has 4 aromatic rings. The molecule has 0 saturated heterocycles. The average Bonchev–Trinajstić information content (AvgIpc) is 3.35. The molecule has 11 nitrogen and oxygen atoms in total. The fourth-order valence-corrected chi connectivity index (χ4v) is 4.59. The van der Waals surface area contributed by atoms with Crippen molar-refractivity contribution in [2.45, 2.75) is 13.0 Å². The third kappa shape index (κ3) is 7.96. The van der Waals surface area contributed by atoms with Crippen molar-refractivity contribution in [1.82, 2.24) is 15.6 Å². The van der Waals surface area contributed by atoms with E-state index in [-0.39, 0.29) is 34.4 Å². The summed E-state index contributed by atoms with van der Waals surface area (Å²) < 4.78 is 5.74. The van der Waals surface area contributed by atoms with Crippen LogP contribution in [0.5, 0.6) is 5.75 Å². The van der Waals surface area contributed by atoms with Gasteiger partial charge in [0.2, 0.25) is 11.0 Å². The van der Waals surface area contributed by atoms with Crippen LogP contribution in [0, 0.1) is 10.1 Å². The maximum atomic E-state index is 12.4. The molecule has 0 saturated carbocycles. The molecule has 40 heavy (non-hydrogen) atoms. The first-order chi connectivity index (χ1) is 19.2. The van der Waals surface area contributed by atoms with Crippen molar-refractivity contribution in [3.8, 4) is 5.75 Å². The van der Waals surface area contributed by atoms with Gasteiger partial charge < -0.3 is 4.74 Å². The summed E-state index contributed by atoms with van der Waals surface area (Å²) in [7, 11) is 0. The highest BCUT2D eigenvalue weighted by Gasteiger charge is 2.17. The third-order valence-corrected chi connectivity index (χ3v) is 6.83. The smallest absolute Gasteiger partial charge is 0.287 e. The quantitative estimate of drug-likeness (QED) is 0.127. The van der Waals surface area contributed by atoms with E-state index in [0.29, 0.717) is 20.8 Å². The summed E-state index contributed by atoms with van der Waals surface area (Å²) in [6, 6.07) is 15.8. The fourth-order valence-electron chi connectivity index (χ4n) is 3.15. The Morgan fingerprint density at radius 2 is 1.80 bits per heavy atom. The van der Waals surface area contributed by atoms with Crippen molar-refractivity contribution >= 4 is 75.0 Å². The molecular formula is C25H17Cl3N6O5S. The van der Waals surface area contributed by atoms with Gasteiger partial charge in [-0.25, -0.2) is 5.43 Å². The maximum Gasteiger partial charge on any atom is 0.287 e. The van der Waals surface area contributed by atoms with Gasteiger partial charge in [0, 0.05) is 27.2 Å². The predicted molar refractivity (Wildman–Crippen MR) is 153 cm³/mol. The largest absolute Gasteiger partial charge is 0.489 e. The zero-order valence-corrected chi connectivity index (χ0v) is 23.2. The van der Waals surface area contributed by atoms with E-state index < -0.39 is 16.7 Å². The highest BCUT2D eigenvalue weighted by atomic mass is 35.5. The molecule has 4 rings (SSSR count). The lowest BCUT2D eigenvalue weighted by Gasteiger charge is -2.08. The molecule has 15 heteroatoms. The molecule has 204 valence electrons. The number of nitro groups is 1. The van der Waals surface area contributed by atoms with Crippen molar-refractivity contribution < 1.29 is 19.2 Å². The van der Waals surface area contributed by atoms with E-state index in [2.05, 4.69) is 26.0 Å². The summed E-state index contributed by atoms with van der Waals surface area (Å²) in [5.74, 6) is -0.394. The summed E-state index contributed by atoms with van der Waals surface area (Å²) in [6.45, 7) is 0.280. The molecule has 0 spiro atoms. The molecule has 0 aliphatic heterocycles. The lowest BCUT2D eigenvalue weighted by atomic mass is 10.2. The van der Waals surface area contributed by atoms with Crippen LogP contribution in [-0.4, -0.2) is 33.1 Å². The Labute approximate surface area is 245 Å². The Morgan fingerprint density at radius 1 is 1.02 bits per heavy atom. The highest BCUT2D eigenvalue weighted by Crippen LogP contribution is 2.26. The minimum atomic E-state index is -0.649. The number of carbonyl (C=O) groups is 2. The molecule has 1 aromatic heterocycles. The van der Waals surface area contributed by atoms with Crippen LogP contribution in [0.1, 0.15) is 26.5 Å². The minimum absolute atomic E-state index is 0.102. The van der Waals surface area contributed by atoms with E-state index in [1.807, 2.05) is 0 Å². The molecule has 1 heterocycles. The number of nitrogens with one attached hydrogen (secondary N) is 2. The minimum Gasteiger partial charge on any atom is -0.489 e. The van der Waals surface area contributed by atoms with E-state index >= 15 is 0 Å². The number of hydrazone groups is 1. The van der Waals surface area contributed by atoms with Crippen molar-refractivity contribution in [1.29, 1.82) is 0 Å². The number of anilines is 1. The van der Waals surface area contributed by atoms with Gasteiger partial charge in [0.25, 0.3) is 11.6 Å². The number of carbonyl (C=O) groups excluding carboxylic acids is 2. The topological polar surface area (TPSA) is 149 Å². The number of amides is 2. The van der Waals surface area contributed by atoms with Gasteiger partial charge >= 0.3 is 0 Å². The SMILES string of the molecule is O=C(Cc1nnc(NC(=O)c2ccc([N+](=O)[O-])c(Cl)c2)s1)N/N=C\c1ccc(OCc2ccc(Cl)cc2Cl)cc1. The second-order valence-corrected chi connectivity index (χ2v) is 10.3. The maximum absolute atomic E-state index is 12.4. The van der Waals surface area contributed by atoms with Crippen LogP contribution >= 0.6 is 46.1 Å². The van der Waals surface area contributed by atoms with Crippen LogP contribution in [0.2, 0.25) is 15.1 Å². The summed E-state index contributed by atoms with van der Waals surface area (Å²) >= 11 is 18.9. The summed E-state index contributed by atoms with van der Waals surface area (Å²) in [5.41, 5.74) is 3.72. The van der Waals surface area contributed by atoms with Gasteiger partial charge in [-0.2, -0.15) is 5.10 Å². The Balaban J connectivity index is 1.23.